The van der Waals surface area contributed by atoms with Crippen molar-refractivity contribution in [3.8, 4) is 11.8 Å². The Hall–Kier alpha value is -3.78. The van der Waals surface area contributed by atoms with E-state index in [1.807, 2.05) is 48.5 Å². The Labute approximate surface area is 151 Å². The molecule has 1 amide bonds. The smallest absolute Gasteiger partial charge is 0.267 e. The van der Waals surface area contributed by atoms with Gasteiger partial charge in [0.1, 0.15) is 17.4 Å². The van der Waals surface area contributed by atoms with Crippen molar-refractivity contribution in [2.75, 3.05) is 17.7 Å². The molecule has 0 atom stereocenters. The maximum Gasteiger partial charge on any atom is 0.267 e. The first-order chi connectivity index (χ1) is 12.7. The van der Waals surface area contributed by atoms with E-state index >= 15 is 0 Å². The number of carbonyl (C=O) groups is 1. The van der Waals surface area contributed by atoms with E-state index in [4.69, 9.17) is 4.74 Å². The van der Waals surface area contributed by atoms with Gasteiger partial charge in [0, 0.05) is 23.0 Å². The quantitative estimate of drug-likeness (QED) is 0.535. The van der Waals surface area contributed by atoms with E-state index in [0.717, 1.165) is 16.5 Å². The van der Waals surface area contributed by atoms with Gasteiger partial charge < -0.3 is 15.4 Å². The molecule has 26 heavy (non-hydrogen) atoms. The van der Waals surface area contributed by atoms with Crippen molar-refractivity contribution in [2.45, 2.75) is 0 Å². The number of anilines is 2. The summed E-state index contributed by atoms with van der Waals surface area (Å²) in [6.07, 6.45) is 1.42. The molecular formula is C21H17N3O2. The molecule has 0 unspecified atom stereocenters. The third-order valence-corrected chi connectivity index (χ3v) is 3.87. The molecule has 0 bridgehead atoms. The molecule has 3 rings (SSSR count). The van der Waals surface area contributed by atoms with Crippen LogP contribution in [-0.2, 0) is 4.79 Å². The zero-order valence-electron chi connectivity index (χ0n) is 14.2. The van der Waals surface area contributed by atoms with E-state index in [0.29, 0.717) is 11.4 Å². The number of hydrogen-bond donors (Lipinski definition) is 2. The number of ether oxygens (including phenoxy) is 1. The zero-order chi connectivity index (χ0) is 18.4. The number of carbonyl (C=O) groups excluding carboxylic acids is 1. The molecule has 5 nitrogen and oxygen atoms in total. The molecule has 0 radical (unpaired) electrons. The molecule has 0 aliphatic rings. The largest absolute Gasteiger partial charge is 0.497 e. The van der Waals surface area contributed by atoms with E-state index in [2.05, 4.69) is 10.6 Å². The van der Waals surface area contributed by atoms with Gasteiger partial charge in [0.05, 0.1) is 7.11 Å². The Kier molecular flexibility index (Phi) is 5.16. The first-order valence-electron chi connectivity index (χ1n) is 8.01. The highest BCUT2D eigenvalue weighted by atomic mass is 16.5. The third kappa shape index (κ3) is 3.82. The number of hydrogen-bond acceptors (Lipinski definition) is 4. The SMILES string of the molecule is COc1ccc(NC(=O)/C(C#N)=C\Nc2cccc3ccccc23)cc1. The highest BCUT2D eigenvalue weighted by molar-refractivity contribution is 6.07. The molecule has 128 valence electrons. The number of nitrogens with zero attached hydrogens (tertiary/aromatic N) is 1. The van der Waals surface area contributed by atoms with Gasteiger partial charge in [0.2, 0.25) is 0 Å². The minimum atomic E-state index is -0.481. The Bertz CT molecular complexity index is 996. The Morgan fingerprint density at radius 3 is 2.50 bits per heavy atom. The van der Waals surface area contributed by atoms with Crippen LogP contribution >= 0.6 is 0 Å². The summed E-state index contributed by atoms with van der Waals surface area (Å²) in [6, 6.07) is 22.5. The molecular weight excluding hydrogens is 326 g/mol. The van der Waals surface area contributed by atoms with Crippen LogP contribution in [0.15, 0.2) is 78.5 Å². The normalized spacial score (nSPS) is 10.8. The molecule has 2 N–H and O–H groups in total. The van der Waals surface area contributed by atoms with Crippen molar-refractivity contribution in [3.63, 3.8) is 0 Å². The van der Waals surface area contributed by atoms with Gasteiger partial charge in [-0.2, -0.15) is 5.26 Å². The third-order valence-electron chi connectivity index (χ3n) is 3.87. The van der Waals surface area contributed by atoms with Crippen LogP contribution < -0.4 is 15.4 Å². The predicted octanol–water partition coefficient (Wildman–Crippen LogP) is 4.31. The van der Waals surface area contributed by atoms with Crippen LogP contribution in [0.2, 0.25) is 0 Å². The van der Waals surface area contributed by atoms with E-state index in [-0.39, 0.29) is 5.57 Å². The number of amides is 1. The maximum atomic E-state index is 12.3. The van der Waals surface area contributed by atoms with Crippen molar-refractivity contribution in [1.29, 1.82) is 5.26 Å². The van der Waals surface area contributed by atoms with Gasteiger partial charge in [0.25, 0.3) is 5.91 Å². The summed E-state index contributed by atoms with van der Waals surface area (Å²) in [5.41, 5.74) is 1.39. The first kappa shape index (κ1) is 17.1. The molecule has 0 saturated heterocycles. The first-order valence-corrected chi connectivity index (χ1v) is 8.01. The fourth-order valence-corrected chi connectivity index (χ4v) is 2.52. The number of rotatable bonds is 5. The Morgan fingerprint density at radius 1 is 1.04 bits per heavy atom. The molecule has 3 aromatic rings. The molecule has 5 heteroatoms. The molecule has 0 spiro atoms. The summed E-state index contributed by atoms with van der Waals surface area (Å²) in [5, 5.41) is 17.1. The van der Waals surface area contributed by atoms with Gasteiger partial charge in [-0.05, 0) is 35.7 Å². The van der Waals surface area contributed by atoms with Crippen LogP contribution in [0.5, 0.6) is 5.75 Å². The van der Waals surface area contributed by atoms with Crippen molar-refractivity contribution in [3.05, 3.63) is 78.5 Å². The predicted molar refractivity (Wildman–Crippen MR) is 103 cm³/mol. The fraction of sp³-hybridized carbons (Fsp3) is 0.0476. The van der Waals surface area contributed by atoms with E-state index in [9.17, 15) is 10.1 Å². The summed E-state index contributed by atoms with van der Waals surface area (Å²) in [7, 11) is 1.57. The molecule has 0 aliphatic carbocycles. The maximum absolute atomic E-state index is 12.3. The average Bonchev–Trinajstić information content (AvgIpc) is 2.69. The summed E-state index contributed by atoms with van der Waals surface area (Å²) in [4.78, 5) is 12.3. The molecule has 0 aliphatic heterocycles. The van der Waals surface area contributed by atoms with Crippen molar-refractivity contribution in [1.82, 2.24) is 0 Å². The van der Waals surface area contributed by atoms with Gasteiger partial charge in [-0.1, -0.05) is 36.4 Å². The summed E-state index contributed by atoms with van der Waals surface area (Å²) < 4.78 is 5.08. The van der Waals surface area contributed by atoms with Crippen LogP contribution in [0.4, 0.5) is 11.4 Å². The molecule has 0 saturated carbocycles. The van der Waals surface area contributed by atoms with Gasteiger partial charge in [-0.25, -0.2) is 0 Å². The average molecular weight is 343 g/mol. The molecule has 0 aromatic heterocycles. The minimum absolute atomic E-state index is 0.0197. The lowest BCUT2D eigenvalue weighted by Crippen LogP contribution is -2.14. The molecule has 0 heterocycles. The number of nitrogens with one attached hydrogen (secondary N) is 2. The van der Waals surface area contributed by atoms with Crippen molar-refractivity contribution < 1.29 is 9.53 Å². The van der Waals surface area contributed by atoms with Gasteiger partial charge in [0.15, 0.2) is 0 Å². The standard InChI is InChI=1S/C21H17N3O2/c1-26-18-11-9-17(10-12-18)24-21(25)16(13-22)14-23-20-8-4-6-15-5-2-3-7-19(15)20/h2-12,14,23H,1H3,(H,24,25)/b16-14-. The zero-order valence-corrected chi connectivity index (χ0v) is 14.2. The second kappa shape index (κ2) is 7.86. The van der Waals surface area contributed by atoms with E-state index in [1.54, 1.807) is 31.4 Å². The minimum Gasteiger partial charge on any atom is -0.497 e. The second-order valence-corrected chi connectivity index (χ2v) is 5.52. The second-order valence-electron chi connectivity index (χ2n) is 5.52. The van der Waals surface area contributed by atoms with Crippen LogP contribution in [0.1, 0.15) is 0 Å². The van der Waals surface area contributed by atoms with Crippen LogP contribution in [0, 0.1) is 11.3 Å². The van der Waals surface area contributed by atoms with E-state index in [1.165, 1.54) is 6.20 Å². The number of methoxy groups -OCH3 is 1. The lowest BCUT2D eigenvalue weighted by Gasteiger charge is -2.08. The lowest BCUT2D eigenvalue weighted by molar-refractivity contribution is -0.112. The summed E-state index contributed by atoms with van der Waals surface area (Å²) >= 11 is 0. The van der Waals surface area contributed by atoms with Gasteiger partial charge >= 0.3 is 0 Å². The number of fused-ring (bicyclic) bond motifs is 1. The molecule has 0 fully saturated rings. The number of nitriles is 1. The Balaban J connectivity index is 1.76. The van der Waals surface area contributed by atoms with Crippen LogP contribution in [-0.4, -0.2) is 13.0 Å². The van der Waals surface area contributed by atoms with E-state index < -0.39 is 5.91 Å². The van der Waals surface area contributed by atoms with Crippen molar-refractivity contribution in [2.24, 2.45) is 0 Å². The van der Waals surface area contributed by atoms with Crippen molar-refractivity contribution >= 4 is 28.1 Å². The Morgan fingerprint density at radius 2 is 1.77 bits per heavy atom. The lowest BCUT2D eigenvalue weighted by atomic mass is 10.1. The monoisotopic (exact) mass is 343 g/mol. The highest BCUT2D eigenvalue weighted by Gasteiger charge is 2.09. The topological polar surface area (TPSA) is 74.1 Å². The van der Waals surface area contributed by atoms with Gasteiger partial charge in [-0.3, -0.25) is 4.79 Å². The summed E-state index contributed by atoms with van der Waals surface area (Å²) in [5.74, 6) is 0.210. The van der Waals surface area contributed by atoms with Crippen LogP contribution in [0.25, 0.3) is 10.8 Å². The van der Waals surface area contributed by atoms with Gasteiger partial charge in [-0.15, -0.1) is 0 Å². The van der Waals surface area contributed by atoms with Crippen LogP contribution in [0.3, 0.4) is 0 Å². The fourth-order valence-electron chi connectivity index (χ4n) is 2.52. The molecule has 3 aromatic carbocycles. The highest BCUT2D eigenvalue weighted by Crippen LogP contribution is 2.23. The number of benzene rings is 3. The summed E-state index contributed by atoms with van der Waals surface area (Å²) in [6.45, 7) is 0.